The summed E-state index contributed by atoms with van der Waals surface area (Å²) < 4.78 is 28.4. The molecule has 0 saturated carbocycles. The van der Waals surface area contributed by atoms with E-state index in [4.69, 9.17) is 0 Å². The molecule has 0 fully saturated rings. The van der Waals surface area contributed by atoms with Gasteiger partial charge in [0.15, 0.2) is 0 Å². The van der Waals surface area contributed by atoms with Crippen molar-refractivity contribution in [3.05, 3.63) is 59.7 Å². The molecule has 0 aromatic heterocycles. The van der Waals surface area contributed by atoms with Crippen molar-refractivity contribution in [1.29, 1.82) is 0 Å². The molecule has 1 aliphatic heterocycles. The zero-order chi connectivity index (χ0) is 14.8. The van der Waals surface area contributed by atoms with Gasteiger partial charge in [-0.1, -0.05) is 30.3 Å². The van der Waals surface area contributed by atoms with Crippen molar-refractivity contribution >= 4 is 23.2 Å². The Labute approximate surface area is 119 Å². The van der Waals surface area contributed by atoms with Gasteiger partial charge in [-0.15, -0.1) is 0 Å². The normalized spacial score (nSPS) is 15.2. The average Bonchev–Trinajstić information content (AvgIpc) is 2.77. The number of para-hydroxylation sites is 1. The van der Waals surface area contributed by atoms with Gasteiger partial charge in [-0.3, -0.25) is 4.79 Å². The van der Waals surface area contributed by atoms with Gasteiger partial charge in [0, 0.05) is 16.8 Å². The molecule has 2 aromatic rings. The first-order valence-electron chi connectivity index (χ1n) is 6.31. The Hall–Kier alpha value is -2.69. The maximum Gasteiger partial charge on any atom is 0.387 e. The summed E-state index contributed by atoms with van der Waals surface area (Å²) in [6.45, 7) is -2.85. The van der Waals surface area contributed by atoms with Gasteiger partial charge < -0.3 is 10.1 Å². The van der Waals surface area contributed by atoms with Crippen LogP contribution in [0.15, 0.2) is 48.5 Å². The maximum absolute atomic E-state index is 12.1. The van der Waals surface area contributed by atoms with Crippen LogP contribution in [0, 0.1) is 0 Å². The van der Waals surface area contributed by atoms with Gasteiger partial charge in [0.1, 0.15) is 5.75 Å². The number of rotatable bonds is 3. The molecule has 3 nitrogen and oxygen atoms in total. The second kappa shape index (κ2) is 5.36. The molecule has 3 rings (SSSR count). The van der Waals surface area contributed by atoms with E-state index in [0.29, 0.717) is 5.57 Å². The van der Waals surface area contributed by atoms with E-state index in [1.165, 1.54) is 12.1 Å². The van der Waals surface area contributed by atoms with Crippen molar-refractivity contribution in [3.63, 3.8) is 0 Å². The summed E-state index contributed by atoms with van der Waals surface area (Å²) in [5, 5.41) is 2.77. The molecule has 2 aromatic carbocycles. The van der Waals surface area contributed by atoms with Gasteiger partial charge in [-0.05, 0) is 29.8 Å². The predicted octanol–water partition coefficient (Wildman–Crippen LogP) is 3.78. The first-order valence-corrected chi connectivity index (χ1v) is 6.31. The van der Waals surface area contributed by atoms with Crippen LogP contribution in [-0.2, 0) is 4.79 Å². The van der Waals surface area contributed by atoms with E-state index < -0.39 is 6.61 Å². The summed E-state index contributed by atoms with van der Waals surface area (Å²) in [6, 6.07) is 13.5. The summed E-state index contributed by atoms with van der Waals surface area (Å²) in [7, 11) is 0. The number of carbonyl (C=O) groups is 1. The standard InChI is InChI=1S/C16H11F2NO2/c17-16(18)21-11-7-5-10(6-8-11)9-13-12-3-1-2-4-14(12)19-15(13)20/h1-9,16H,(H,19,20)/b13-9-. The highest BCUT2D eigenvalue weighted by Crippen LogP contribution is 2.32. The number of nitrogens with one attached hydrogen (secondary N) is 1. The van der Waals surface area contributed by atoms with Gasteiger partial charge >= 0.3 is 6.61 Å². The van der Waals surface area contributed by atoms with E-state index in [1.54, 1.807) is 18.2 Å². The first kappa shape index (κ1) is 13.3. The molecule has 0 atom stereocenters. The number of halogens is 2. The van der Waals surface area contributed by atoms with Gasteiger partial charge in [-0.2, -0.15) is 8.78 Å². The molecule has 0 radical (unpaired) electrons. The number of alkyl halides is 2. The van der Waals surface area contributed by atoms with Gasteiger partial charge in [-0.25, -0.2) is 0 Å². The third kappa shape index (κ3) is 2.76. The second-order valence-corrected chi connectivity index (χ2v) is 4.51. The molecule has 0 saturated heterocycles. The summed E-state index contributed by atoms with van der Waals surface area (Å²) in [5.41, 5.74) is 2.88. The highest BCUT2D eigenvalue weighted by Gasteiger charge is 2.23. The van der Waals surface area contributed by atoms with Crippen LogP contribution in [0.3, 0.4) is 0 Å². The minimum atomic E-state index is -2.85. The number of ether oxygens (including phenoxy) is 1. The van der Waals surface area contributed by atoms with Crippen molar-refractivity contribution in [2.45, 2.75) is 6.61 Å². The summed E-state index contributed by atoms with van der Waals surface area (Å²) in [6.07, 6.45) is 1.72. The average molecular weight is 287 g/mol. The Bertz CT molecular complexity index is 708. The van der Waals surface area contributed by atoms with E-state index >= 15 is 0 Å². The minimum Gasteiger partial charge on any atom is -0.435 e. The first-order chi connectivity index (χ1) is 10.1. The third-order valence-electron chi connectivity index (χ3n) is 3.13. The van der Waals surface area contributed by atoms with Crippen molar-refractivity contribution in [2.24, 2.45) is 0 Å². The van der Waals surface area contributed by atoms with E-state index in [9.17, 15) is 13.6 Å². The number of amides is 1. The molecule has 0 unspecified atom stereocenters. The SMILES string of the molecule is O=C1Nc2ccccc2/C1=C/c1ccc(OC(F)F)cc1. The second-order valence-electron chi connectivity index (χ2n) is 4.51. The van der Waals surface area contributed by atoms with Crippen molar-refractivity contribution in [1.82, 2.24) is 0 Å². The lowest BCUT2D eigenvalue weighted by atomic mass is 10.0. The molecular weight excluding hydrogens is 276 g/mol. The Kier molecular flexibility index (Phi) is 3.39. The van der Waals surface area contributed by atoms with Crippen LogP contribution in [0.5, 0.6) is 5.75 Å². The van der Waals surface area contributed by atoms with Crippen LogP contribution in [0.1, 0.15) is 11.1 Å². The third-order valence-corrected chi connectivity index (χ3v) is 3.13. The van der Waals surface area contributed by atoms with Crippen LogP contribution in [0.25, 0.3) is 11.6 Å². The molecule has 0 bridgehead atoms. The Morgan fingerprint density at radius 1 is 1.05 bits per heavy atom. The summed E-state index contributed by atoms with van der Waals surface area (Å²) >= 11 is 0. The van der Waals surface area contributed by atoms with E-state index in [0.717, 1.165) is 16.8 Å². The molecule has 0 aliphatic carbocycles. The Morgan fingerprint density at radius 3 is 2.48 bits per heavy atom. The van der Waals surface area contributed by atoms with Gasteiger partial charge in [0.2, 0.25) is 0 Å². The molecule has 21 heavy (non-hydrogen) atoms. The summed E-state index contributed by atoms with van der Waals surface area (Å²) in [5.74, 6) is -0.0902. The Balaban J connectivity index is 1.90. The van der Waals surface area contributed by atoms with Crippen LogP contribution < -0.4 is 10.1 Å². The molecular formula is C16H11F2NO2. The van der Waals surface area contributed by atoms with Crippen molar-refractivity contribution in [2.75, 3.05) is 5.32 Å². The topological polar surface area (TPSA) is 38.3 Å². The van der Waals surface area contributed by atoms with Crippen molar-refractivity contribution in [3.8, 4) is 5.75 Å². The molecule has 5 heteroatoms. The molecule has 0 spiro atoms. The lowest BCUT2D eigenvalue weighted by Gasteiger charge is -2.04. The van der Waals surface area contributed by atoms with Gasteiger partial charge in [0.25, 0.3) is 5.91 Å². The number of hydrogen-bond acceptors (Lipinski definition) is 2. The fraction of sp³-hybridized carbons (Fsp3) is 0.0625. The lowest BCUT2D eigenvalue weighted by molar-refractivity contribution is -0.110. The predicted molar refractivity (Wildman–Crippen MR) is 76.0 cm³/mol. The van der Waals surface area contributed by atoms with Crippen LogP contribution in [-0.4, -0.2) is 12.5 Å². The lowest BCUT2D eigenvalue weighted by Crippen LogP contribution is -2.03. The largest absolute Gasteiger partial charge is 0.435 e. The molecule has 1 N–H and O–H groups in total. The highest BCUT2D eigenvalue weighted by molar-refractivity contribution is 6.34. The minimum absolute atomic E-state index is 0.0865. The molecule has 106 valence electrons. The fourth-order valence-corrected chi connectivity index (χ4v) is 2.19. The zero-order valence-electron chi connectivity index (χ0n) is 10.8. The zero-order valence-corrected chi connectivity index (χ0v) is 10.8. The van der Waals surface area contributed by atoms with Gasteiger partial charge in [0.05, 0.1) is 0 Å². The van der Waals surface area contributed by atoms with E-state index in [-0.39, 0.29) is 11.7 Å². The smallest absolute Gasteiger partial charge is 0.387 e. The van der Waals surface area contributed by atoms with Crippen LogP contribution >= 0.6 is 0 Å². The quantitative estimate of drug-likeness (QED) is 0.872. The summed E-state index contributed by atoms with van der Waals surface area (Å²) in [4.78, 5) is 11.9. The monoisotopic (exact) mass is 287 g/mol. The number of hydrogen-bond donors (Lipinski definition) is 1. The highest BCUT2D eigenvalue weighted by atomic mass is 19.3. The number of anilines is 1. The maximum atomic E-state index is 12.1. The molecule has 1 aliphatic rings. The molecule has 1 heterocycles. The van der Waals surface area contributed by atoms with Crippen LogP contribution in [0.2, 0.25) is 0 Å². The fourth-order valence-electron chi connectivity index (χ4n) is 2.19. The number of carbonyl (C=O) groups excluding carboxylic acids is 1. The van der Waals surface area contributed by atoms with Crippen molar-refractivity contribution < 1.29 is 18.3 Å². The van der Waals surface area contributed by atoms with E-state index in [1.807, 2.05) is 24.3 Å². The Morgan fingerprint density at radius 2 is 1.76 bits per heavy atom. The van der Waals surface area contributed by atoms with E-state index in [2.05, 4.69) is 10.1 Å². The number of benzene rings is 2. The number of fused-ring (bicyclic) bond motifs is 1. The molecule has 1 amide bonds. The van der Waals surface area contributed by atoms with Crippen LogP contribution in [0.4, 0.5) is 14.5 Å².